The van der Waals surface area contributed by atoms with Gasteiger partial charge in [-0.1, -0.05) is 0 Å². The summed E-state index contributed by atoms with van der Waals surface area (Å²) in [6.45, 7) is 1.90. The number of hydrogen-bond donors (Lipinski definition) is 2. The van der Waals surface area contributed by atoms with Gasteiger partial charge < -0.3 is 20.3 Å². The number of nitrogens with one attached hydrogen (secondary N) is 2. The summed E-state index contributed by atoms with van der Waals surface area (Å²) in [7, 11) is 3.51. The summed E-state index contributed by atoms with van der Waals surface area (Å²) in [6, 6.07) is 3.53. The molecule has 1 unspecified atom stereocenters. The minimum Gasteiger partial charge on any atom is -0.477 e. The van der Waals surface area contributed by atoms with Crippen LogP contribution in [0.15, 0.2) is 30.7 Å². The molecule has 1 saturated heterocycles. The third-order valence-corrected chi connectivity index (χ3v) is 6.48. The van der Waals surface area contributed by atoms with Crippen LogP contribution in [0, 0.1) is 0 Å². The van der Waals surface area contributed by atoms with Gasteiger partial charge in [-0.3, -0.25) is 9.48 Å². The van der Waals surface area contributed by atoms with Crippen molar-refractivity contribution in [1.82, 2.24) is 39.8 Å². The summed E-state index contributed by atoms with van der Waals surface area (Å²) in [6.07, 6.45) is 7.70. The molecule has 0 aliphatic carbocycles. The summed E-state index contributed by atoms with van der Waals surface area (Å²) in [4.78, 5) is 28.3. The van der Waals surface area contributed by atoms with Crippen molar-refractivity contribution < 1.29 is 9.53 Å². The molecular weight excluding hydrogens is 448 g/mol. The minimum atomic E-state index is -0.232. The highest BCUT2D eigenvalue weighted by Crippen LogP contribution is 2.33. The lowest BCUT2D eigenvalue weighted by molar-refractivity contribution is -0.121. The fraction of sp³-hybridized carbons (Fsp3) is 0.391. The Morgan fingerprint density at radius 3 is 3.00 bits per heavy atom. The third kappa shape index (κ3) is 3.70. The van der Waals surface area contributed by atoms with Crippen LogP contribution in [0.4, 0.5) is 17.5 Å². The molecule has 12 heteroatoms. The van der Waals surface area contributed by atoms with Crippen molar-refractivity contribution in [1.29, 1.82) is 0 Å². The highest BCUT2D eigenvalue weighted by molar-refractivity contribution is 5.95. The SMILES string of the molecule is CNC(=O)C1CCCN1c1nn2c3cc(ncc13)Nc1ccnc(n1)-c1cnn(C)c1OCCC2. The number of pyridine rings is 1. The van der Waals surface area contributed by atoms with E-state index in [1.54, 1.807) is 30.2 Å². The van der Waals surface area contributed by atoms with Gasteiger partial charge in [0, 0.05) is 52.1 Å². The molecule has 0 spiro atoms. The molecule has 180 valence electrons. The number of fused-ring (bicyclic) bond motifs is 5. The van der Waals surface area contributed by atoms with Gasteiger partial charge in [-0.25, -0.2) is 19.6 Å². The number of aromatic nitrogens is 7. The zero-order chi connectivity index (χ0) is 23.9. The van der Waals surface area contributed by atoms with Crippen molar-refractivity contribution in [2.24, 2.45) is 7.05 Å². The van der Waals surface area contributed by atoms with Crippen LogP contribution in [-0.4, -0.2) is 66.7 Å². The van der Waals surface area contributed by atoms with Gasteiger partial charge in [0.05, 0.1) is 23.7 Å². The van der Waals surface area contributed by atoms with Crippen LogP contribution in [-0.2, 0) is 18.4 Å². The van der Waals surface area contributed by atoms with Crippen molar-refractivity contribution >= 4 is 34.3 Å². The molecular formula is C23H26N10O2. The molecule has 0 radical (unpaired) electrons. The number of likely N-dealkylation sites (N-methyl/N-ethyl adjacent to an activating group) is 1. The number of nitrogens with zero attached hydrogens (tertiary/aromatic N) is 8. The molecule has 35 heavy (non-hydrogen) atoms. The van der Waals surface area contributed by atoms with Gasteiger partial charge in [0.25, 0.3) is 0 Å². The van der Waals surface area contributed by atoms with Gasteiger partial charge >= 0.3 is 0 Å². The number of anilines is 3. The number of hydrogen-bond acceptors (Lipinski definition) is 9. The van der Waals surface area contributed by atoms with E-state index < -0.39 is 0 Å². The van der Waals surface area contributed by atoms with E-state index in [0.717, 1.165) is 48.1 Å². The number of aryl methyl sites for hydroxylation is 2. The Morgan fingerprint density at radius 2 is 2.11 bits per heavy atom. The topological polar surface area (TPSA) is 128 Å². The van der Waals surface area contributed by atoms with Crippen molar-refractivity contribution in [3.8, 4) is 17.3 Å². The molecule has 2 aliphatic rings. The highest BCUT2D eigenvalue weighted by Gasteiger charge is 2.33. The number of amides is 1. The second kappa shape index (κ2) is 8.53. The van der Waals surface area contributed by atoms with Gasteiger partial charge in [-0.2, -0.15) is 10.2 Å². The van der Waals surface area contributed by atoms with E-state index in [-0.39, 0.29) is 11.9 Å². The highest BCUT2D eigenvalue weighted by atomic mass is 16.5. The first-order valence-electron chi connectivity index (χ1n) is 11.7. The Labute approximate surface area is 201 Å². The molecule has 12 nitrogen and oxygen atoms in total. The van der Waals surface area contributed by atoms with Crippen LogP contribution >= 0.6 is 0 Å². The number of carbonyl (C=O) groups is 1. The second-order valence-electron chi connectivity index (χ2n) is 8.68. The summed E-state index contributed by atoms with van der Waals surface area (Å²) in [5.41, 5.74) is 1.67. The molecule has 4 aromatic heterocycles. The van der Waals surface area contributed by atoms with E-state index in [0.29, 0.717) is 36.5 Å². The lowest BCUT2D eigenvalue weighted by atomic mass is 10.2. The second-order valence-corrected chi connectivity index (χ2v) is 8.68. The predicted molar refractivity (Wildman–Crippen MR) is 130 cm³/mol. The first-order chi connectivity index (χ1) is 17.1. The Balaban J connectivity index is 1.43. The van der Waals surface area contributed by atoms with Crippen molar-refractivity contribution in [2.45, 2.75) is 31.8 Å². The van der Waals surface area contributed by atoms with E-state index in [2.05, 4.69) is 35.6 Å². The van der Waals surface area contributed by atoms with Crippen molar-refractivity contribution in [3.05, 3.63) is 30.7 Å². The van der Waals surface area contributed by atoms with Crippen LogP contribution in [0.1, 0.15) is 19.3 Å². The smallest absolute Gasteiger partial charge is 0.242 e. The Hall–Kier alpha value is -4.22. The van der Waals surface area contributed by atoms with Gasteiger partial charge in [0.1, 0.15) is 23.2 Å². The Bertz CT molecular complexity index is 1410. The monoisotopic (exact) mass is 474 g/mol. The quantitative estimate of drug-likeness (QED) is 0.447. The molecule has 4 bridgehead atoms. The Morgan fingerprint density at radius 1 is 1.20 bits per heavy atom. The maximum absolute atomic E-state index is 12.5. The lowest BCUT2D eigenvalue weighted by Gasteiger charge is -2.23. The van der Waals surface area contributed by atoms with E-state index in [1.165, 1.54) is 0 Å². The Kier molecular flexibility index (Phi) is 5.20. The van der Waals surface area contributed by atoms with Crippen LogP contribution in [0.2, 0.25) is 0 Å². The minimum absolute atomic E-state index is 0.00906. The number of carbonyl (C=O) groups excluding carboxylic acids is 1. The maximum atomic E-state index is 12.5. The molecule has 2 N–H and O–H groups in total. The largest absolute Gasteiger partial charge is 0.477 e. The average Bonchev–Trinajstić information content (AvgIpc) is 3.58. The molecule has 4 aromatic rings. The third-order valence-electron chi connectivity index (χ3n) is 6.48. The van der Waals surface area contributed by atoms with E-state index >= 15 is 0 Å². The molecule has 0 aromatic carbocycles. The fourth-order valence-electron chi connectivity index (χ4n) is 4.79. The standard InChI is InChI=1S/C23H26N10O2/c1-24-22(34)16-5-3-8-32(16)21-14-12-26-19-11-17(14)33(30-21)9-4-10-35-23-15(13-27-31(23)2)20-25-7-6-18(28-19)29-20/h6-7,11-13,16H,3-5,8-10H2,1-2H3,(H,24,34)(H,25,26,28,29). The van der Waals surface area contributed by atoms with Crippen LogP contribution in [0.5, 0.6) is 5.88 Å². The molecule has 1 atom stereocenters. The van der Waals surface area contributed by atoms with E-state index in [9.17, 15) is 4.79 Å². The first kappa shape index (κ1) is 21.3. The molecule has 2 aliphatic heterocycles. The molecule has 1 fully saturated rings. The molecule has 1 amide bonds. The van der Waals surface area contributed by atoms with Gasteiger partial charge in [0.15, 0.2) is 11.6 Å². The van der Waals surface area contributed by atoms with Crippen LogP contribution in [0.3, 0.4) is 0 Å². The molecule has 6 heterocycles. The van der Waals surface area contributed by atoms with Crippen molar-refractivity contribution in [2.75, 3.05) is 30.4 Å². The van der Waals surface area contributed by atoms with Crippen LogP contribution < -0.4 is 20.3 Å². The molecule has 6 rings (SSSR count). The zero-order valence-electron chi connectivity index (χ0n) is 19.6. The number of ether oxygens (including phenoxy) is 1. The zero-order valence-corrected chi connectivity index (χ0v) is 19.6. The van der Waals surface area contributed by atoms with Gasteiger partial charge in [-0.05, 0) is 18.9 Å². The van der Waals surface area contributed by atoms with E-state index in [1.807, 2.05) is 24.0 Å². The summed E-state index contributed by atoms with van der Waals surface area (Å²) in [5.74, 6) is 3.20. The normalized spacial score (nSPS) is 17.5. The van der Waals surface area contributed by atoms with Crippen LogP contribution in [0.25, 0.3) is 22.3 Å². The summed E-state index contributed by atoms with van der Waals surface area (Å²) in [5, 5.41) is 16.3. The van der Waals surface area contributed by atoms with E-state index in [4.69, 9.17) is 9.84 Å². The van der Waals surface area contributed by atoms with Gasteiger partial charge in [0.2, 0.25) is 11.8 Å². The molecule has 0 saturated carbocycles. The number of rotatable bonds is 2. The summed E-state index contributed by atoms with van der Waals surface area (Å²) < 4.78 is 9.76. The maximum Gasteiger partial charge on any atom is 0.242 e. The summed E-state index contributed by atoms with van der Waals surface area (Å²) >= 11 is 0. The lowest BCUT2D eigenvalue weighted by Crippen LogP contribution is -2.42. The average molecular weight is 475 g/mol. The van der Waals surface area contributed by atoms with Crippen molar-refractivity contribution in [3.63, 3.8) is 0 Å². The predicted octanol–water partition coefficient (Wildman–Crippen LogP) is 1.86. The first-order valence-corrected chi connectivity index (χ1v) is 11.7. The fourth-order valence-corrected chi connectivity index (χ4v) is 4.79. The van der Waals surface area contributed by atoms with Gasteiger partial charge in [-0.15, -0.1) is 0 Å².